The molecule has 4 nitrogen and oxygen atoms in total. The molecule has 1 aromatic rings. The lowest BCUT2D eigenvalue weighted by atomic mass is 10.2. The molecule has 3 amide bonds. The summed E-state index contributed by atoms with van der Waals surface area (Å²) in [7, 11) is 0. The number of likely N-dealkylation sites (N-methyl/N-ethyl adjacent to an activating group) is 1. The number of hydrogen-bond acceptors (Lipinski definition) is 2. The van der Waals surface area contributed by atoms with Crippen molar-refractivity contribution in [3.63, 3.8) is 0 Å². The fourth-order valence-corrected chi connectivity index (χ4v) is 1.75. The minimum Gasteiger partial charge on any atom is -0.315 e. The van der Waals surface area contributed by atoms with Gasteiger partial charge in [-0.25, -0.2) is 9.69 Å². The summed E-state index contributed by atoms with van der Waals surface area (Å²) in [6, 6.07) is 7.15. The van der Waals surface area contributed by atoms with Gasteiger partial charge in [0.1, 0.15) is 6.54 Å². The zero-order chi connectivity index (χ0) is 11.7. The van der Waals surface area contributed by atoms with Crippen LogP contribution in [0.25, 0.3) is 0 Å². The summed E-state index contributed by atoms with van der Waals surface area (Å²) in [4.78, 5) is 26.3. The molecule has 1 fully saturated rings. The molecule has 1 aliphatic rings. The third kappa shape index (κ3) is 1.66. The van der Waals surface area contributed by atoms with Crippen LogP contribution < -0.4 is 4.90 Å². The summed E-state index contributed by atoms with van der Waals surface area (Å²) < 4.78 is 0. The van der Waals surface area contributed by atoms with Crippen LogP contribution in [0.3, 0.4) is 0 Å². The largest absolute Gasteiger partial charge is 0.331 e. The summed E-state index contributed by atoms with van der Waals surface area (Å²) in [5.41, 5.74) is 1.76. The molecule has 0 bridgehead atoms. The summed E-state index contributed by atoms with van der Waals surface area (Å²) in [5, 5.41) is 0. The van der Waals surface area contributed by atoms with Gasteiger partial charge in [0.25, 0.3) is 5.91 Å². The molecule has 0 aliphatic carbocycles. The SMILES string of the molecule is CCN1CC(=O)N(c2ccc(C)cc2)C1=O. The number of aryl methyl sites for hydroxylation is 1. The van der Waals surface area contributed by atoms with Crippen molar-refractivity contribution >= 4 is 17.6 Å². The predicted molar refractivity (Wildman–Crippen MR) is 61.3 cm³/mol. The second-order valence-electron chi connectivity index (χ2n) is 3.86. The molecule has 4 heteroatoms. The van der Waals surface area contributed by atoms with Crippen molar-refractivity contribution in [3.05, 3.63) is 29.8 Å². The maximum absolute atomic E-state index is 11.9. The lowest BCUT2D eigenvalue weighted by Crippen LogP contribution is -2.32. The van der Waals surface area contributed by atoms with Gasteiger partial charge in [-0.1, -0.05) is 17.7 Å². The number of imide groups is 1. The van der Waals surface area contributed by atoms with E-state index in [2.05, 4.69) is 0 Å². The number of carbonyl (C=O) groups is 2. The van der Waals surface area contributed by atoms with Crippen LogP contribution in [0.1, 0.15) is 12.5 Å². The lowest BCUT2D eigenvalue weighted by molar-refractivity contribution is -0.116. The van der Waals surface area contributed by atoms with Gasteiger partial charge in [0.2, 0.25) is 0 Å². The number of urea groups is 1. The van der Waals surface area contributed by atoms with Crippen molar-refractivity contribution in [3.8, 4) is 0 Å². The van der Waals surface area contributed by atoms with Gasteiger partial charge < -0.3 is 4.90 Å². The van der Waals surface area contributed by atoms with E-state index in [-0.39, 0.29) is 18.5 Å². The Hall–Kier alpha value is -1.84. The average Bonchev–Trinajstić information content (AvgIpc) is 2.56. The molecule has 1 heterocycles. The molecule has 84 valence electrons. The highest BCUT2D eigenvalue weighted by molar-refractivity contribution is 6.19. The summed E-state index contributed by atoms with van der Waals surface area (Å²) in [6.07, 6.45) is 0. The first-order chi connectivity index (χ1) is 7.63. The van der Waals surface area contributed by atoms with E-state index in [9.17, 15) is 9.59 Å². The number of carbonyl (C=O) groups excluding carboxylic acids is 2. The monoisotopic (exact) mass is 218 g/mol. The van der Waals surface area contributed by atoms with E-state index in [1.54, 1.807) is 12.1 Å². The Bertz CT molecular complexity index is 425. The van der Waals surface area contributed by atoms with Gasteiger partial charge in [0.15, 0.2) is 0 Å². The molecule has 1 saturated heterocycles. The van der Waals surface area contributed by atoms with Crippen molar-refractivity contribution in [2.24, 2.45) is 0 Å². The van der Waals surface area contributed by atoms with Gasteiger partial charge in [-0.15, -0.1) is 0 Å². The Kier molecular flexibility index (Phi) is 2.64. The van der Waals surface area contributed by atoms with E-state index in [1.807, 2.05) is 26.0 Å². The number of rotatable bonds is 2. The smallest absolute Gasteiger partial charge is 0.315 e. The maximum Gasteiger partial charge on any atom is 0.331 e. The normalized spacial score (nSPS) is 16.1. The first-order valence-electron chi connectivity index (χ1n) is 5.32. The third-order valence-electron chi connectivity index (χ3n) is 2.71. The van der Waals surface area contributed by atoms with E-state index in [4.69, 9.17) is 0 Å². The minimum atomic E-state index is -0.226. The molecule has 16 heavy (non-hydrogen) atoms. The Morgan fingerprint density at radius 1 is 1.19 bits per heavy atom. The van der Waals surface area contributed by atoms with Crippen LogP contribution >= 0.6 is 0 Å². The number of amides is 3. The number of nitrogens with zero attached hydrogens (tertiary/aromatic N) is 2. The quantitative estimate of drug-likeness (QED) is 0.710. The maximum atomic E-state index is 11.9. The average molecular weight is 218 g/mol. The highest BCUT2D eigenvalue weighted by atomic mass is 16.2. The van der Waals surface area contributed by atoms with Crippen molar-refractivity contribution in [1.82, 2.24) is 4.90 Å². The zero-order valence-electron chi connectivity index (χ0n) is 9.43. The molecular weight excluding hydrogens is 204 g/mol. The molecule has 1 aromatic carbocycles. The molecule has 1 aliphatic heterocycles. The van der Waals surface area contributed by atoms with Gasteiger partial charge in [0, 0.05) is 6.54 Å². The van der Waals surface area contributed by atoms with Gasteiger partial charge >= 0.3 is 6.03 Å². The first kappa shape index (κ1) is 10.7. The van der Waals surface area contributed by atoms with Crippen molar-refractivity contribution < 1.29 is 9.59 Å². The highest BCUT2D eigenvalue weighted by Crippen LogP contribution is 2.21. The number of benzene rings is 1. The second kappa shape index (κ2) is 3.96. The molecule has 0 aromatic heterocycles. The van der Waals surface area contributed by atoms with Crippen LogP contribution in [0.2, 0.25) is 0 Å². The van der Waals surface area contributed by atoms with E-state index >= 15 is 0 Å². The van der Waals surface area contributed by atoms with Crippen LogP contribution in [0.15, 0.2) is 24.3 Å². The second-order valence-corrected chi connectivity index (χ2v) is 3.86. The van der Waals surface area contributed by atoms with Crippen molar-refractivity contribution in [2.75, 3.05) is 18.0 Å². The summed E-state index contributed by atoms with van der Waals surface area (Å²) in [5.74, 6) is -0.157. The number of hydrogen-bond donors (Lipinski definition) is 0. The van der Waals surface area contributed by atoms with E-state index in [0.29, 0.717) is 12.2 Å². The minimum absolute atomic E-state index is 0.157. The van der Waals surface area contributed by atoms with Gasteiger partial charge in [0.05, 0.1) is 5.69 Å². The third-order valence-corrected chi connectivity index (χ3v) is 2.71. The molecule has 2 rings (SSSR count). The Morgan fingerprint density at radius 3 is 2.31 bits per heavy atom. The standard InChI is InChI=1S/C12H14N2O2/c1-3-13-8-11(15)14(12(13)16)10-6-4-9(2)5-7-10/h4-7H,3,8H2,1-2H3. The molecule has 0 spiro atoms. The lowest BCUT2D eigenvalue weighted by Gasteiger charge is -2.15. The summed E-state index contributed by atoms with van der Waals surface area (Å²) in [6.45, 7) is 4.58. The van der Waals surface area contributed by atoms with Crippen LogP contribution in [0.4, 0.5) is 10.5 Å². The molecule has 0 saturated carbocycles. The van der Waals surface area contributed by atoms with Gasteiger partial charge in [-0.05, 0) is 26.0 Å². The Labute approximate surface area is 94.5 Å². The van der Waals surface area contributed by atoms with Crippen LogP contribution in [0, 0.1) is 6.92 Å². The summed E-state index contributed by atoms with van der Waals surface area (Å²) >= 11 is 0. The Morgan fingerprint density at radius 2 is 1.81 bits per heavy atom. The van der Waals surface area contributed by atoms with E-state index in [1.165, 1.54) is 9.80 Å². The van der Waals surface area contributed by atoms with Crippen LogP contribution in [0.5, 0.6) is 0 Å². The topological polar surface area (TPSA) is 40.6 Å². The Balaban J connectivity index is 2.31. The molecule has 0 atom stereocenters. The van der Waals surface area contributed by atoms with E-state index < -0.39 is 0 Å². The highest BCUT2D eigenvalue weighted by Gasteiger charge is 2.35. The fourth-order valence-electron chi connectivity index (χ4n) is 1.75. The molecule has 0 radical (unpaired) electrons. The van der Waals surface area contributed by atoms with Crippen LogP contribution in [-0.2, 0) is 4.79 Å². The van der Waals surface area contributed by atoms with E-state index in [0.717, 1.165) is 5.56 Å². The fraction of sp³-hybridized carbons (Fsp3) is 0.333. The van der Waals surface area contributed by atoms with Crippen LogP contribution in [-0.4, -0.2) is 29.9 Å². The molecule has 0 unspecified atom stereocenters. The van der Waals surface area contributed by atoms with Crippen molar-refractivity contribution in [2.45, 2.75) is 13.8 Å². The van der Waals surface area contributed by atoms with Gasteiger partial charge in [-0.2, -0.15) is 0 Å². The molecule has 0 N–H and O–H groups in total. The zero-order valence-corrected chi connectivity index (χ0v) is 9.43. The van der Waals surface area contributed by atoms with Gasteiger partial charge in [-0.3, -0.25) is 4.79 Å². The first-order valence-corrected chi connectivity index (χ1v) is 5.32. The number of anilines is 1. The predicted octanol–water partition coefficient (Wildman–Crippen LogP) is 1.78. The molecular formula is C12H14N2O2. The van der Waals surface area contributed by atoms with Crippen molar-refractivity contribution in [1.29, 1.82) is 0 Å².